The number of rotatable bonds is 6. The van der Waals surface area contributed by atoms with Crippen LogP contribution in [-0.4, -0.2) is 39.0 Å². The summed E-state index contributed by atoms with van der Waals surface area (Å²) >= 11 is 0. The minimum absolute atomic E-state index is 0.414. The molecule has 0 radical (unpaired) electrons. The van der Waals surface area contributed by atoms with Gasteiger partial charge >= 0.3 is 0 Å². The van der Waals surface area contributed by atoms with E-state index in [1.165, 1.54) is 19.3 Å². The van der Waals surface area contributed by atoms with Crippen LogP contribution in [0.4, 0.5) is 0 Å². The molecule has 1 saturated heterocycles. The summed E-state index contributed by atoms with van der Waals surface area (Å²) in [6.07, 6.45) is 4.15. The van der Waals surface area contributed by atoms with Crippen molar-refractivity contribution >= 4 is 0 Å². The minimum atomic E-state index is 0.414. The van der Waals surface area contributed by atoms with E-state index >= 15 is 0 Å². The summed E-state index contributed by atoms with van der Waals surface area (Å²) in [5.74, 6) is 0.605. The van der Waals surface area contributed by atoms with Crippen LogP contribution >= 0.6 is 0 Å². The Balaban J connectivity index is 2.19. The van der Waals surface area contributed by atoms with Gasteiger partial charge in [-0.15, -0.1) is 0 Å². The molecule has 0 amide bonds. The second-order valence-corrected chi connectivity index (χ2v) is 4.70. The molecule has 2 unspecified atom stereocenters. The average Bonchev–Trinajstić information content (AvgIpc) is 2.25. The van der Waals surface area contributed by atoms with Gasteiger partial charge in [0.05, 0.1) is 12.7 Å². The molecule has 0 aromatic carbocycles. The van der Waals surface area contributed by atoms with Crippen LogP contribution in [0.2, 0.25) is 0 Å². The molecule has 0 aromatic rings. The van der Waals surface area contributed by atoms with Crippen LogP contribution in [0.3, 0.4) is 0 Å². The normalized spacial score (nSPS) is 24.4. The van der Waals surface area contributed by atoms with Crippen molar-refractivity contribution < 1.29 is 9.47 Å². The molecule has 3 heteroatoms. The Kier molecular flexibility index (Phi) is 6.22. The lowest BCUT2D eigenvalue weighted by molar-refractivity contribution is 0.0120. The van der Waals surface area contributed by atoms with E-state index < -0.39 is 0 Å². The summed E-state index contributed by atoms with van der Waals surface area (Å²) in [4.78, 5) is 0. The summed E-state index contributed by atoms with van der Waals surface area (Å²) in [6, 6.07) is 0.445. The summed E-state index contributed by atoms with van der Waals surface area (Å²) in [7, 11) is 1.76. The standard InChI is InChI=1S/C12H25NO2/c1-10(2)12(9-14-3)13-8-11-6-4-5-7-15-11/h10-13H,4-9H2,1-3H3. The molecule has 0 aliphatic carbocycles. The number of hydrogen-bond donors (Lipinski definition) is 1. The van der Waals surface area contributed by atoms with E-state index in [9.17, 15) is 0 Å². The van der Waals surface area contributed by atoms with Gasteiger partial charge in [0.2, 0.25) is 0 Å². The van der Waals surface area contributed by atoms with E-state index in [4.69, 9.17) is 9.47 Å². The van der Waals surface area contributed by atoms with Crippen molar-refractivity contribution in [1.82, 2.24) is 5.32 Å². The fourth-order valence-electron chi connectivity index (χ4n) is 1.92. The lowest BCUT2D eigenvalue weighted by Crippen LogP contribution is -2.43. The van der Waals surface area contributed by atoms with Crippen LogP contribution in [0.1, 0.15) is 33.1 Å². The van der Waals surface area contributed by atoms with Gasteiger partial charge < -0.3 is 14.8 Å². The first-order valence-electron chi connectivity index (χ1n) is 6.08. The van der Waals surface area contributed by atoms with E-state index in [1.807, 2.05) is 0 Å². The molecule has 0 spiro atoms. The Bertz CT molecular complexity index is 156. The van der Waals surface area contributed by atoms with Crippen molar-refractivity contribution in [3.8, 4) is 0 Å². The van der Waals surface area contributed by atoms with Gasteiger partial charge in [0, 0.05) is 26.3 Å². The highest BCUT2D eigenvalue weighted by atomic mass is 16.5. The monoisotopic (exact) mass is 215 g/mol. The Morgan fingerprint density at radius 2 is 2.20 bits per heavy atom. The van der Waals surface area contributed by atoms with Crippen LogP contribution in [0.5, 0.6) is 0 Å². The average molecular weight is 215 g/mol. The van der Waals surface area contributed by atoms with Crippen molar-refractivity contribution in [2.45, 2.75) is 45.3 Å². The molecule has 2 atom stereocenters. The number of hydrogen-bond acceptors (Lipinski definition) is 3. The van der Waals surface area contributed by atoms with Gasteiger partial charge in [-0.05, 0) is 25.2 Å². The van der Waals surface area contributed by atoms with Crippen molar-refractivity contribution in [2.24, 2.45) is 5.92 Å². The molecule has 0 bridgehead atoms. The first kappa shape index (κ1) is 12.9. The second kappa shape index (κ2) is 7.20. The van der Waals surface area contributed by atoms with Crippen LogP contribution in [0, 0.1) is 5.92 Å². The fourth-order valence-corrected chi connectivity index (χ4v) is 1.92. The predicted molar refractivity (Wildman–Crippen MR) is 62.1 cm³/mol. The molecule has 1 N–H and O–H groups in total. The van der Waals surface area contributed by atoms with Gasteiger partial charge in [-0.25, -0.2) is 0 Å². The lowest BCUT2D eigenvalue weighted by atomic mass is 10.0. The molecule has 1 rings (SSSR count). The highest BCUT2D eigenvalue weighted by molar-refractivity contribution is 4.74. The van der Waals surface area contributed by atoms with Crippen molar-refractivity contribution in [1.29, 1.82) is 0 Å². The Labute approximate surface area is 93.5 Å². The lowest BCUT2D eigenvalue weighted by Gasteiger charge is -2.27. The summed E-state index contributed by atoms with van der Waals surface area (Å²) in [5.41, 5.74) is 0. The number of methoxy groups -OCH3 is 1. The second-order valence-electron chi connectivity index (χ2n) is 4.70. The smallest absolute Gasteiger partial charge is 0.0699 e. The van der Waals surface area contributed by atoms with Crippen LogP contribution < -0.4 is 5.32 Å². The summed E-state index contributed by atoms with van der Waals surface area (Å²) in [5, 5.41) is 3.54. The van der Waals surface area contributed by atoms with Gasteiger partial charge in [-0.2, -0.15) is 0 Å². The Hall–Kier alpha value is -0.120. The maximum absolute atomic E-state index is 5.68. The molecule has 1 aliphatic heterocycles. The zero-order valence-corrected chi connectivity index (χ0v) is 10.3. The van der Waals surface area contributed by atoms with Crippen LogP contribution in [0.25, 0.3) is 0 Å². The molecular weight excluding hydrogens is 190 g/mol. The molecule has 1 heterocycles. The third-order valence-electron chi connectivity index (χ3n) is 3.03. The van der Waals surface area contributed by atoms with Crippen LogP contribution in [-0.2, 0) is 9.47 Å². The molecule has 1 aliphatic rings. The zero-order chi connectivity index (χ0) is 11.1. The third kappa shape index (κ3) is 4.96. The maximum atomic E-state index is 5.68. The molecule has 3 nitrogen and oxygen atoms in total. The summed E-state index contributed by atoms with van der Waals surface area (Å²) in [6.45, 7) is 7.12. The molecule has 90 valence electrons. The molecule has 0 saturated carbocycles. The summed E-state index contributed by atoms with van der Waals surface area (Å²) < 4.78 is 10.9. The largest absolute Gasteiger partial charge is 0.383 e. The predicted octanol–water partition coefficient (Wildman–Crippen LogP) is 1.82. The topological polar surface area (TPSA) is 30.5 Å². The highest BCUT2D eigenvalue weighted by Crippen LogP contribution is 2.12. The SMILES string of the molecule is COCC(NCC1CCCCO1)C(C)C. The van der Waals surface area contributed by atoms with E-state index in [1.54, 1.807) is 7.11 Å². The minimum Gasteiger partial charge on any atom is -0.383 e. The maximum Gasteiger partial charge on any atom is 0.0699 e. The van der Waals surface area contributed by atoms with E-state index in [2.05, 4.69) is 19.2 Å². The van der Waals surface area contributed by atoms with Gasteiger partial charge in [0.1, 0.15) is 0 Å². The van der Waals surface area contributed by atoms with Gasteiger partial charge in [0.15, 0.2) is 0 Å². The zero-order valence-electron chi connectivity index (χ0n) is 10.3. The highest BCUT2D eigenvalue weighted by Gasteiger charge is 2.17. The third-order valence-corrected chi connectivity index (χ3v) is 3.03. The first-order valence-corrected chi connectivity index (χ1v) is 6.08. The van der Waals surface area contributed by atoms with Crippen LogP contribution in [0.15, 0.2) is 0 Å². The Morgan fingerprint density at radius 3 is 2.73 bits per heavy atom. The number of nitrogens with one attached hydrogen (secondary N) is 1. The van der Waals surface area contributed by atoms with Crippen molar-refractivity contribution in [3.63, 3.8) is 0 Å². The molecular formula is C12H25NO2. The fraction of sp³-hybridized carbons (Fsp3) is 1.00. The van der Waals surface area contributed by atoms with E-state index in [0.717, 1.165) is 19.8 Å². The van der Waals surface area contributed by atoms with Gasteiger partial charge in [-0.3, -0.25) is 0 Å². The Morgan fingerprint density at radius 1 is 1.40 bits per heavy atom. The van der Waals surface area contributed by atoms with Gasteiger partial charge in [0.25, 0.3) is 0 Å². The first-order chi connectivity index (χ1) is 7.24. The van der Waals surface area contributed by atoms with Crippen molar-refractivity contribution in [2.75, 3.05) is 26.9 Å². The van der Waals surface area contributed by atoms with Crippen molar-refractivity contribution in [3.05, 3.63) is 0 Å². The molecule has 1 fully saturated rings. The molecule has 15 heavy (non-hydrogen) atoms. The van der Waals surface area contributed by atoms with Gasteiger partial charge in [-0.1, -0.05) is 13.8 Å². The van der Waals surface area contributed by atoms with E-state index in [0.29, 0.717) is 18.1 Å². The quantitative estimate of drug-likeness (QED) is 0.733. The number of ether oxygens (including phenoxy) is 2. The molecule has 0 aromatic heterocycles. The van der Waals surface area contributed by atoms with E-state index in [-0.39, 0.29) is 0 Å².